The van der Waals surface area contributed by atoms with E-state index >= 15 is 4.39 Å². The Labute approximate surface area is 250 Å². The van der Waals surface area contributed by atoms with Crippen molar-refractivity contribution in [2.75, 3.05) is 13.2 Å². The van der Waals surface area contributed by atoms with Crippen LogP contribution in [0.1, 0.15) is 81.2 Å². The third-order valence-electron chi connectivity index (χ3n) is 7.67. The predicted molar refractivity (Wildman–Crippen MR) is 164 cm³/mol. The van der Waals surface area contributed by atoms with Gasteiger partial charge in [0.25, 0.3) is 0 Å². The lowest BCUT2D eigenvalue weighted by molar-refractivity contribution is -0.137. The van der Waals surface area contributed by atoms with Crippen LogP contribution in [-0.4, -0.2) is 34.1 Å². The molecule has 0 radical (unpaired) electrons. The minimum atomic E-state index is -0.772. The van der Waals surface area contributed by atoms with Gasteiger partial charge >= 0.3 is 5.97 Å². The molecule has 2 heterocycles. The van der Waals surface area contributed by atoms with E-state index < -0.39 is 5.97 Å². The first-order chi connectivity index (χ1) is 20.4. The van der Waals surface area contributed by atoms with E-state index in [1.165, 1.54) is 6.07 Å². The summed E-state index contributed by atoms with van der Waals surface area (Å²) in [5, 5.41) is 14.8. The summed E-state index contributed by atoms with van der Waals surface area (Å²) in [6.07, 6.45) is 7.96. The van der Waals surface area contributed by atoms with Crippen LogP contribution in [0.4, 0.5) is 4.39 Å². The summed E-state index contributed by atoms with van der Waals surface area (Å²) in [6, 6.07) is 18.9. The van der Waals surface area contributed by atoms with Gasteiger partial charge in [0.05, 0.1) is 18.3 Å². The summed E-state index contributed by atoms with van der Waals surface area (Å²) in [7, 11) is 0. The van der Waals surface area contributed by atoms with Crippen LogP contribution < -0.4 is 4.74 Å². The first kappa shape index (κ1) is 29.8. The normalized spacial score (nSPS) is 15.9. The number of carboxylic acid groups (broad SMARTS) is 1. The van der Waals surface area contributed by atoms with Crippen molar-refractivity contribution >= 4 is 39.6 Å². The average molecular weight is 591 g/mol. The Morgan fingerprint density at radius 1 is 1.07 bits per heavy atom. The molecule has 0 amide bonds. The van der Waals surface area contributed by atoms with Crippen molar-refractivity contribution in [1.82, 2.24) is 9.78 Å². The zero-order valence-electron chi connectivity index (χ0n) is 23.8. The SMILES string of the molecule is CC/C(=C(/c1ccc(OCCCCCC(=O)O)cc1)c1ccc2c(cnn2C2CCCCO2)c1)c1ccc(Cl)cc1F. The summed E-state index contributed by atoms with van der Waals surface area (Å²) in [5.41, 5.74) is 5.24. The molecule has 0 bridgehead atoms. The zero-order valence-corrected chi connectivity index (χ0v) is 24.6. The fourth-order valence-corrected chi connectivity index (χ4v) is 5.73. The molecule has 0 spiro atoms. The van der Waals surface area contributed by atoms with Crippen LogP contribution in [0.25, 0.3) is 22.0 Å². The van der Waals surface area contributed by atoms with Gasteiger partial charge in [-0.3, -0.25) is 4.79 Å². The highest BCUT2D eigenvalue weighted by Crippen LogP contribution is 2.38. The Hall–Kier alpha value is -3.68. The number of unbranched alkanes of at least 4 members (excludes halogenated alkanes) is 2. The molecule has 42 heavy (non-hydrogen) atoms. The first-order valence-electron chi connectivity index (χ1n) is 14.7. The molecule has 220 valence electrons. The molecule has 1 aliphatic heterocycles. The molecule has 1 aromatic heterocycles. The number of benzene rings is 3. The predicted octanol–water partition coefficient (Wildman–Crippen LogP) is 8.92. The first-order valence-corrected chi connectivity index (χ1v) is 15.0. The molecule has 1 atom stereocenters. The molecule has 3 aromatic carbocycles. The van der Waals surface area contributed by atoms with Crippen molar-refractivity contribution in [3.63, 3.8) is 0 Å². The molecule has 1 fully saturated rings. The number of hydrogen-bond acceptors (Lipinski definition) is 4. The number of nitrogens with zero attached hydrogens (tertiary/aromatic N) is 2. The summed E-state index contributed by atoms with van der Waals surface area (Å²) in [5.74, 6) is -0.397. The Morgan fingerprint density at radius 3 is 2.60 bits per heavy atom. The van der Waals surface area contributed by atoms with Gasteiger partial charge in [-0.05, 0) is 104 Å². The lowest BCUT2D eigenvalue weighted by Crippen LogP contribution is -2.18. The van der Waals surface area contributed by atoms with E-state index in [2.05, 4.69) is 23.3 Å². The molecule has 1 N–H and O–H groups in total. The lowest BCUT2D eigenvalue weighted by Gasteiger charge is -2.23. The number of rotatable bonds is 12. The largest absolute Gasteiger partial charge is 0.494 e. The van der Waals surface area contributed by atoms with Gasteiger partial charge in [-0.15, -0.1) is 0 Å². The molecule has 5 rings (SSSR count). The number of carbonyl (C=O) groups is 1. The van der Waals surface area contributed by atoms with Gasteiger partial charge in [-0.1, -0.05) is 42.8 Å². The zero-order chi connectivity index (χ0) is 29.5. The Balaban J connectivity index is 1.48. The Kier molecular flexibility index (Phi) is 9.93. The van der Waals surface area contributed by atoms with Crippen LogP contribution in [0.2, 0.25) is 5.02 Å². The van der Waals surface area contributed by atoms with Crippen molar-refractivity contribution in [1.29, 1.82) is 0 Å². The van der Waals surface area contributed by atoms with Gasteiger partial charge in [-0.2, -0.15) is 5.10 Å². The van der Waals surface area contributed by atoms with Gasteiger partial charge in [0.2, 0.25) is 0 Å². The molecule has 4 aromatic rings. The molecule has 1 aliphatic rings. The summed E-state index contributed by atoms with van der Waals surface area (Å²) in [6.45, 7) is 3.29. The number of fused-ring (bicyclic) bond motifs is 1. The molecule has 0 aliphatic carbocycles. The number of carboxylic acids is 1. The van der Waals surface area contributed by atoms with Crippen LogP contribution in [0.15, 0.2) is 66.9 Å². The van der Waals surface area contributed by atoms with E-state index in [-0.39, 0.29) is 18.5 Å². The fraction of sp³-hybridized carbons (Fsp3) is 0.353. The average Bonchev–Trinajstić information content (AvgIpc) is 3.42. The number of aliphatic carboxylic acids is 1. The second-order valence-corrected chi connectivity index (χ2v) is 11.0. The van der Waals surface area contributed by atoms with Gasteiger partial charge in [0, 0.05) is 29.0 Å². The van der Waals surface area contributed by atoms with Crippen LogP contribution in [0, 0.1) is 5.82 Å². The maximum atomic E-state index is 15.3. The minimum Gasteiger partial charge on any atom is -0.494 e. The molecule has 8 heteroatoms. The third-order valence-corrected chi connectivity index (χ3v) is 7.91. The highest BCUT2D eigenvalue weighted by molar-refractivity contribution is 6.30. The topological polar surface area (TPSA) is 73.6 Å². The standard InChI is InChI=1S/C34H36ClFN2O4/c1-2-28(29-16-13-26(35)21-30(29)36)34(23-10-14-27(15-11-23)41-18-6-3-4-9-33(39)40)24-12-17-31-25(20-24)22-37-38(31)32-8-5-7-19-42-32/h10-17,20-22,32H,2-9,18-19H2,1H3,(H,39,40)/b34-28+. The second-order valence-electron chi connectivity index (χ2n) is 10.6. The van der Waals surface area contributed by atoms with Gasteiger partial charge in [0.15, 0.2) is 6.23 Å². The van der Waals surface area contributed by atoms with Crippen molar-refractivity contribution < 1.29 is 23.8 Å². The van der Waals surface area contributed by atoms with E-state index in [1.54, 1.807) is 12.1 Å². The van der Waals surface area contributed by atoms with E-state index in [0.29, 0.717) is 30.0 Å². The smallest absolute Gasteiger partial charge is 0.303 e. The molecule has 0 saturated carbocycles. The Bertz CT molecular complexity index is 1560. The summed E-state index contributed by atoms with van der Waals surface area (Å²) >= 11 is 6.10. The van der Waals surface area contributed by atoms with Crippen LogP contribution in [-0.2, 0) is 9.53 Å². The van der Waals surface area contributed by atoms with E-state index in [1.807, 2.05) is 42.1 Å². The summed E-state index contributed by atoms with van der Waals surface area (Å²) < 4.78 is 29.1. The van der Waals surface area contributed by atoms with Crippen LogP contribution in [0.5, 0.6) is 5.75 Å². The highest BCUT2D eigenvalue weighted by Gasteiger charge is 2.21. The van der Waals surface area contributed by atoms with Crippen LogP contribution >= 0.6 is 11.6 Å². The van der Waals surface area contributed by atoms with Gasteiger partial charge in [-0.25, -0.2) is 9.07 Å². The van der Waals surface area contributed by atoms with Crippen molar-refractivity contribution in [2.24, 2.45) is 0 Å². The Morgan fingerprint density at radius 2 is 1.88 bits per heavy atom. The molecular formula is C34H36ClFN2O4. The second kappa shape index (κ2) is 14.0. The van der Waals surface area contributed by atoms with Gasteiger partial charge < -0.3 is 14.6 Å². The molecule has 6 nitrogen and oxygen atoms in total. The third kappa shape index (κ3) is 7.02. The molecule has 1 unspecified atom stereocenters. The van der Waals surface area contributed by atoms with Crippen LogP contribution in [0.3, 0.4) is 0 Å². The molecular weight excluding hydrogens is 555 g/mol. The highest BCUT2D eigenvalue weighted by atomic mass is 35.5. The maximum absolute atomic E-state index is 15.3. The number of aromatic nitrogens is 2. The lowest BCUT2D eigenvalue weighted by atomic mass is 9.87. The van der Waals surface area contributed by atoms with E-state index in [0.717, 1.165) is 77.6 Å². The van der Waals surface area contributed by atoms with Crippen molar-refractivity contribution in [3.8, 4) is 5.75 Å². The van der Waals surface area contributed by atoms with Gasteiger partial charge in [0.1, 0.15) is 11.6 Å². The van der Waals surface area contributed by atoms with E-state index in [4.69, 9.17) is 26.2 Å². The minimum absolute atomic E-state index is 0.0591. The monoisotopic (exact) mass is 590 g/mol. The van der Waals surface area contributed by atoms with Crippen molar-refractivity contribution in [2.45, 2.75) is 64.5 Å². The quantitative estimate of drug-likeness (QED) is 0.132. The number of halogens is 2. The number of hydrogen-bond donors (Lipinski definition) is 1. The molecule has 1 saturated heterocycles. The fourth-order valence-electron chi connectivity index (χ4n) is 5.57. The number of ether oxygens (including phenoxy) is 2. The number of allylic oxidation sites excluding steroid dienone is 1. The maximum Gasteiger partial charge on any atom is 0.303 e. The summed E-state index contributed by atoms with van der Waals surface area (Å²) in [4.78, 5) is 10.7. The van der Waals surface area contributed by atoms with E-state index in [9.17, 15) is 4.79 Å². The van der Waals surface area contributed by atoms with Crippen molar-refractivity contribution in [3.05, 3.63) is 94.4 Å².